The summed E-state index contributed by atoms with van der Waals surface area (Å²) in [7, 11) is 0. The number of nitrogens with zero attached hydrogens (tertiary/aromatic N) is 3. The molecule has 0 aromatic carbocycles. The Morgan fingerprint density at radius 1 is 1.50 bits per heavy atom. The molecule has 116 valence electrons. The average Bonchev–Trinajstić information content (AvgIpc) is 3.12. The molecule has 0 radical (unpaired) electrons. The van der Waals surface area contributed by atoms with Crippen molar-refractivity contribution in [2.45, 2.75) is 25.8 Å². The normalized spacial score (nSPS) is 28.3. The van der Waals surface area contributed by atoms with E-state index >= 15 is 0 Å². The Hall–Kier alpha value is -1.59. The summed E-state index contributed by atoms with van der Waals surface area (Å²) >= 11 is 6.07. The van der Waals surface area contributed by atoms with Crippen LogP contribution in [-0.2, 0) is 11.3 Å². The largest absolute Gasteiger partial charge is 0.481 e. The summed E-state index contributed by atoms with van der Waals surface area (Å²) in [4.78, 5) is 18.4. The van der Waals surface area contributed by atoms with E-state index in [4.69, 9.17) is 11.6 Å². The second-order valence-corrected chi connectivity index (χ2v) is 6.98. The first kappa shape index (κ1) is 14.0. The van der Waals surface area contributed by atoms with Gasteiger partial charge in [0.1, 0.15) is 5.65 Å². The number of aromatic nitrogens is 2. The number of carboxylic acids is 1. The number of fused-ring (bicyclic) bond motifs is 2. The van der Waals surface area contributed by atoms with Crippen LogP contribution in [0.4, 0.5) is 0 Å². The fourth-order valence-electron chi connectivity index (χ4n) is 4.21. The van der Waals surface area contributed by atoms with Gasteiger partial charge in [-0.1, -0.05) is 18.0 Å². The van der Waals surface area contributed by atoms with E-state index in [0.717, 1.165) is 37.1 Å². The Morgan fingerprint density at radius 3 is 3.14 bits per heavy atom. The van der Waals surface area contributed by atoms with Crippen molar-refractivity contribution in [1.82, 2.24) is 14.3 Å². The van der Waals surface area contributed by atoms with Crippen LogP contribution in [0.25, 0.3) is 5.65 Å². The van der Waals surface area contributed by atoms with Gasteiger partial charge in [-0.05, 0) is 30.9 Å². The number of pyridine rings is 1. The van der Waals surface area contributed by atoms with Crippen LogP contribution in [-0.4, -0.2) is 38.4 Å². The molecule has 6 heteroatoms. The minimum absolute atomic E-state index is 0.285. The molecule has 2 aromatic rings. The van der Waals surface area contributed by atoms with Crippen molar-refractivity contribution in [3.63, 3.8) is 0 Å². The quantitative estimate of drug-likeness (QED) is 0.945. The van der Waals surface area contributed by atoms with E-state index in [1.165, 1.54) is 0 Å². The standard InChI is InChI=1S/C16H18ClN3O2/c17-12-3-4-14-18-6-13(20(14)8-12)9-19-7-11-2-1-5-16(11,10-19)15(21)22/h3-4,6,8,11H,1-2,5,7,9-10H2,(H,21,22)/t11-,16+/m0/s1. The molecule has 0 spiro atoms. The smallest absolute Gasteiger partial charge is 0.311 e. The number of carbonyl (C=O) groups is 1. The Bertz CT molecular complexity index is 744. The summed E-state index contributed by atoms with van der Waals surface area (Å²) < 4.78 is 1.99. The van der Waals surface area contributed by atoms with Crippen LogP contribution in [0.15, 0.2) is 24.5 Å². The van der Waals surface area contributed by atoms with Gasteiger partial charge in [0.15, 0.2) is 0 Å². The lowest BCUT2D eigenvalue weighted by Gasteiger charge is -2.23. The second-order valence-electron chi connectivity index (χ2n) is 6.55. The van der Waals surface area contributed by atoms with Crippen LogP contribution >= 0.6 is 11.6 Å². The third-order valence-corrected chi connectivity index (χ3v) is 5.52. The Labute approximate surface area is 133 Å². The summed E-state index contributed by atoms with van der Waals surface area (Å²) in [6, 6.07) is 3.72. The minimum atomic E-state index is -0.626. The van der Waals surface area contributed by atoms with Gasteiger partial charge in [0, 0.05) is 25.8 Å². The van der Waals surface area contributed by atoms with Crippen molar-refractivity contribution < 1.29 is 9.90 Å². The lowest BCUT2D eigenvalue weighted by molar-refractivity contribution is -0.149. The Balaban J connectivity index is 1.59. The van der Waals surface area contributed by atoms with Gasteiger partial charge < -0.3 is 9.51 Å². The Morgan fingerprint density at radius 2 is 2.36 bits per heavy atom. The second kappa shape index (κ2) is 4.96. The van der Waals surface area contributed by atoms with Crippen molar-refractivity contribution >= 4 is 23.2 Å². The van der Waals surface area contributed by atoms with E-state index in [9.17, 15) is 9.90 Å². The molecule has 1 saturated heterocycles. The summed E-state index contributed by atoms with van der Waals surface area (Å²) in [5, 5.41) is 10.3. The first-order chi connectivity index (χ1) is 10.6. The molecule has 2 atom stereocenters. The molecule has 3 heterocycles. The third kappa shape index (κ3) is 2.03. The molecule has 0 unspecified atom stereocenters. The highest BCUT2D eigenvalue weighted by atomic mass is 35.5. The summed E-state index contributed by atoms with van der Waals surface area (Å²) in [6.07, 6.45) is 6.59. The van der Waals surface area contributed by atoms with Crippen molar-refractivity contribution in [2.75, 3.05) is 13.1 Å². The number of imidazole rings is 1. The topological polar surface area (TPSA) is 57.8 Å². The van der Waals surface area contributed by atoms with Crippen molar-refractivity contribution in [1.29, 1.82) is 0 Å². The maximum atomic E-state index is 11.7. The highest BCUT2D eigenvalue weighted by molar-refractivity contribution is 6.30. The molecule has 1 saturated carbocycles. The maximum absolute atomic E-state index is 11.7. The first-order valence-corrected chi connectivity index (χ1v) is 8.03. The number of halogens is 1. The molecule has 1 aliphatic heterocycles. The van der Waals surface area contributed by atoms with Crippen molar-refractivity contribution in [3.05, 3.63) is 35.2 Å². The number of aliphatic carboxylic acids is 1. The van der Waals surface area contributed by atoms with Crippen LogP contribution in [0.1, 0.15) is 25.0 Å². The van der Waals surface area contributed by atoms with Crippen LogP contribution < -0.4 is 0 Å². The Kier molecular flexibility index (Phi) is 3.16. The fraction of sp³-hybridized carbons (Fsp3) is 0.500. The molecule has 0 bridgehead atoms. The zero-order valence-corrected chi connectivity index (χ0v) is 13.0. The molecule has 22 heavy (non-hydrogen) atoms. The predicted molar refractivity (Wildman–Crippen MR) is 82.9 cm³/mol. The van der Waals surface area contributed by atoms with E-state index in [2.05, 4.69) is 9.88 Å². The molecule has 2 fully saturated rings. The summed E-state index contributed by atoms with van der Waals surface area (Å²) in [6.45, 7) is 2.22. The zero-order chi connectivity index (χ0) is 15.3. The van der Waals surface area contributed by atoms with Gasteiger partial charge in [0.05, 0.1) is 22.3 Å². The van der Waals surface area contributed by atoms with Crippen LogP contribution in [0.3, 0.4) is 0 Å². The minimum Gasteiger partial charge on any atom is -0.481 e. The molecular formula is C16H18ClN3O2. The lowest BCUT2D eigenvalue weighted by Crippen LogP contribution is -2.35. The summed E-state index contributed by atoms with van der Waals surface area (Å²) in [5.41, 5.74) is 1.39. The fourth-order valence-corrected chi connectivity index (χ4v) is 4.38. The number of hydrogen-bond donors (Lipinski definition) is 1. The van der Waals surface area contributed by atoms with Gasteiger partial charge in [-0.3, -0.25) is 9.69 Å². The van der Waals surface area contributed by atoms with Gasteiger partial charge in [-0.2, -0.15) is 0 Å². The van der Waals surface area contributed by atoms with E-state index in [1.54, 1.807) is 0 Å². The van der Waals surface area contributed by atoms with Gasteiger partial charge in [-0.15, -0.1) is 0 Å². The SMILES string of the molecule is O=C(O)[C@@]12CCC[C@H]1CN(Cc1cnc3ccc(Cl)cn13)C2. The third-order valence-electron chi connectivity index (χ3n) is 5.30. The van der Waals surface area contributed by atoms with Crippen LogP contribution in [0.2, 0.25) is 5.02 Å². The average molecular weight is 320 g/mol. The summed E-state index contributed by atoms with van der Waals surface area (Å²) in [5.74, 6) is -0.341. The number of likely N-dealkylation sites (tertiary alicyclic amines) is 1. The first-order valence-electron chi connectivity index (χ1n) is 7.66. The number of carboxylic acid groups (broad SMARTS) is 1. The molecule has 5 nitrogen and oxygen atoms in total. The molecular weight excluding hydrogens is 302 g/mol. The monoisotopic (exact) mass is 319 g/mol. The molecule has 2 aliphatic rings. The van der Waals surface area contributed by atoms with Gasteiger partial charge in [0.2, 0.25) is 0 Å². The van der Waals surface area contributed by atoms with Crippen molar-refractivity contribution in [3.8, 4) is 0 Å². The van der Waals surface area contributed by atoms with Crippen LogP contribution in [0, 0.1) is 11.3 Å². The number of rotatable bonds is 3. The molecule has 1 N–H and O–H groups in total. The molecule has 0 amide bonds. The van der Waals surface area contributed by atoms with Gasteiger partial charge in [-0.25, -0.2) is 4.98 Å². The van der Waals surface area contributed by atoms with Crippen LogP contribution in [0.5, 0.6) is 0 Å². The van der Waals surface area contributed by atoms with E-state index < -0.39 is 11.4 Å². The molecule has 1 aliphatic carbocycles. The molecule has 4 rings (SSSR count). The van der Waals surface area contributed by atoms with Gasteiger partial charge >= 0.3 is 5.97 Å². The highest BCUT2D eigenvalue weighted by Gasteiger charge is 2.54. The number of hydrogen-bond acceptors (Lipinski definition) is 3. The predicted octanol–water partition coefficient (Wildman–Crippen LogP) is 2.67. The van der Waals surface area contributed by atoms with E-state index in [-0.39, 0.29) is 5.92 Å². The highest BCUT2D eigenvalue weighted by Crippen LogP contribution is 2.49. The van der Waals surface area contributed by atoms with E-state index in [0.29, 0.717) is 18.1 Å². The van der Waals surface area contributed by atoms with Gasteiger partial charge in [0.25, 0.3) is 0 Å². The van der Waals surface area contributed by atoms with Crippen molar-refractivity contribution in [2.24, 2.45) is 11.3 Å². The van der Waals surface area contributed by atoms with E-state index in [1.807, 2.05) is 28.9 Å². The maximum Gasteiger partial charge on any atom is 0.311 e. The lowest BCUT2D eigenvalue weighted by atomic mass is 9.81. The molecule has 2 aromatic heterocycles. The zero-order valence-electron chi connectivity index (χ0n) is 12.2.